The summed E-state index contributed by atoms with van der Waals surface area (Å²) in [5.74, 6) is -0.217. The maximum Gasteiger partial charge on any atom is 0.418 e. The van der Waals surface area contributed by atoms with Crippen molar-refractivity contribution in [2.45, 2.75) is 45.2 Å². The summed E-state index contributed by atoms with van der Waals surface area (Å²) in [4.78, 5) is 32.6. The predicted octanol–water partition coefficient (Wildman–Crippen LogP) is 6.39. The van der Waals surface area contributed by atoms with Crippen LogP contribution in [0.1, 0.15) is 53.6 Å². The zero-order valence-electron chi connectivity index (χ0n) is 18.1. The van der Waals surface area contributed by atoms with Crippen molar-refractivity contribution in [1.82, 2.24) is 4.98 Å². The van der Waals surface area contributed by atoms with E-state index < -0.39 is 28.8 Å². The zero-order valence-corrected chi connectivity index (χ0v) is 18.1. The van der Waals surface area contributed by atoms with Gasteiger partial charge in [-0.1, -0.05) is 31.4 Å². The van der Waals surface area contributed by atoms with Crippen LogP contribution in [-0.4, -0.2) is 17.1 Å². The molecular formula is C25H24F3N3O2. The Bertz CT molecular complexity index is 1270. The fourth-order valence-electron chi connectivity index (χ4n) is 4.02. The number of rotatable bonds is 6. The summed E-state index contributed by atoms with van der Waals surface area (Å²) in [6, 6.07) is 8.68. The number of aromatic nitrogens is 1. The number of aliphatic imine (C=N–C) groups is 1. The molecule has 0 unspecified atom stereocenters. The molecule has 5 nitrogen and oxygen atoms in total. The number of carbonyl (C=O) groups is 1. The number of aromatic amines is 1. The van der Waals surface area contributed by atoms with E-state index in [2.05, 4.69) is 15.3 Å². The smallest absolute Gasteiger partial charge is 0.360 e. The number of halogens is 3. The number of benzene rings is 2. The molecule has 33 heavy (non-hydrogen) atoms. The number of aryl methyl sites for hydroxylation is 1. The van der Waals surface area contributed by atoms with Crippen LogP contribution in [0.15, 0.2) is 52.4 Å². The van der Waals surface area contributed by atoms with Gasteiger partial charge in [0, 0.05) is 23.3 Å². The van der Waals surface area contributed by atoms with Gasteiger partial charge in [-0.2, -0.15) is 13.2 Å². The lowest BCUT2D eigenvalue weighted by molar-refractivity contribution is -0.136. The Hall–Kier alpha value is -3.42. The highest BCUT2D eigenvalue weighted by Gasteiger charge is 2.34. The van der Waals surface area contributed by atoms with Gasteiger partial charge in [0.1, 0.15) is 5.56 Å². The molecule has 1 amide bonds. The molecule has 1 aliphatic rings. The second-order valence-electron chi connectivity index (χ2n) is 8.40. The number of hydrogen-bond donors (Lipinski definition) is 2. The number of H-pyrrole nitrogens is 1. The molecule has 1 saturated carbocycles. The van der Waals surface area contributed by atoms with Crippen LogP contribution in [-0.2, 0) is 6.18 Å². The Morgan fingerprint density at radius 2 is 2.03 bits per heavy atom. The number of amides is 1. The summed E-state index contributed by atoms with van der Waals surface area (Å²) >= 11 is 0. The van der Waals surface area contributed by atoms with Crippen molar-refractivity contribution in [2.24, 2.45) is 10.9 Å². The Morgan fingerprint density at radius 3 is 2.73 bits per heavy atom. The maximum absolute atomic E-state index is 13.7. The van der Waals surface area contributed by atoms with E-state index in [1.54, 1.807) is 31.3 Å². The van der Waals surface area contributed by atoms with E-state index in [-0.39, 0.29) is 11.3 Å². The molecule has 0 aliphatic heterocycles. The molecule has 0 spiro atoms. The van der Waals surface area contributed by atoms with Crippen LogP contribution in [0.3, 0.4) is 0 Å². The summed E-state index contributed by atoms with van der Waals surface area (Å²) in [6.45, 7) is 1.73. The number of pyridine rings is 1. The van der Waals surface area contributed by atoms with Crippen LogP contribution < -0.4 is 10.7 Å². The first kappa shape index (κ1) is 22.8. The van der Waals surface area contributed by atoms with Crippen molar-refractivity contribution < 1.29 is 18.0 Å². The minimum atomic E-state index is -4.70. The van der Waals surface area contributed by atoms with E-state index in [4.69, 9.17) is 0 Å². The van der Waals surface area contributed by atoms with Crippen LogP contribution in [0.2, 0.25) is 0 Å². The summed E-state index contributed by atoms with van der Waals surface area (Å²) < 4.78 is 41.1. The maximum atomic E-state index is 13.7. The van der Waals surface area contributed by atoms with Gasteiger partial charge in [0.2, 0.25) is 5.43 Å². The Balaban J connectivity index is 1.58. The highest BCUT2D eigenvalue weighted by Crippen LogP contribution is 2.37. The lowest BCUT2D eigenvalue weighted by Gasteiger charge is -2.24. The predicted molar refractivity (Wildman–Crippen MR) is 123 cm³/mol. The lowest BCUT2D eigenvalue weighted by Crippen LogP contribution is -2.23. The second kappa shape index (κ2) is 9.21. The van der Waals surface area contributed by atoms with Crippen LogP contribution in [0.5, 0.6) is 0 Å². The monoisotopic (exact) mass is 455 g/mol. The van der Waals surface area contributed by atoms with E-state index in [0.29, 0.717) is 28.8 Å². The number of hydrogen-bond acceptors (Lipinski definition) is 3. The van der Waals surface area contributed by atoms with Gasteiger partial charge in [-0.3, -0.25) is 14.6 Å². The van der Waals surface area contributed by atoms with E-state index >= 15 is 0 Å². The molecule has 172 valence electrons. The molecule has 3 aromatic rings. The van der Waals surface area contributed by atoms with E-state index in [0.717, 1.165) is 12.5 Å². The average molecular weight is 455 g/mol. The van der Waals surface area contributed by atoms with Gasteiger partial charge in [0.05, 0.1) is 16.9 Å². The van der Waals surface area contributed by atoms with Gasteiger partial charge in [-0.25, -0.2) is 0 Å². The molecule has 0 radical (unpaired) electrons. The zero-order chi connectivity index (χ0) is 23.6. The highest BCUT2D eigenvalue weighted by atomic mass is 19.4. The van der Waals surface area contributed by atoms with Gasteiger partial charge in [0.15, 0.2) is 0 Å². The lowest BCUT2D eigenvalue weighted by atomic mass is 9.82. The number of nitrogens with one attached hydrogen (secondary N) is 2. The van der Waals surface area contributed by atoms with E-state index in [1.807, 2.05) is 0 Å². The van der Waals surface area contributed by atoms with Crippen LogP contribution in [0.4, 0.5) is 24.5 Å². The van der Waals surface area contributed by atoms with E-state index in [9.17, 15) is 22.8 Å². The number of alkyl halides is 3. The Labute approximate surface area is 188 Å². The molecule has 0 atom stereocenters. The van der Waals surface area contributed by atoms with Crippen molar-refractivity contribution in [1.29, 1.82) is 0 Å². The van der Waals surface area contributed by atoms with Crippen molar-refractivity contribution in [3.63, 3.8) is 0 Å². The highest BCUT2D eigenvalue weighted by molar-refractivity contribution is 6.06. The fourth-order valence-corrected chi connectivity index (χ4v) is 4.02. The third kappa shape index (κ3) is 4.99. The summed E-state index contributed by atoms with van der Waals surface area (Å²) in [7, 11) is 0. The van der Waals surface area contributed by atoms with Crippen LogP contribution in [0.25, 0.3) is 10.9 Å². The van der Waals surface area contributed by atoms with Crippen molar-refractivity contribution in [2.75, 3.05) is 5.32 Å². The molecule has 1 aliphatic carbocycles. The van der Waals surface area contributed by atoms with Crippen molar-refractivity contribution in [3.8, 4) is 0 Å². The molecule has 0 saturated heterocycles. The molecule has 1 aromatic heterocycles. The summed E-state index contributed by atoms with van der Waals surface area (Å²) in [5.41, 5.74) is -0.870. The molecule has 2 aromatic carbocycles. The quantitative estimate of drug-likeness (QED) is 0.423. The Morgan fingerprint density at radius 1 is 1.24 bits per heavy atom. The average Bonchev–Trinajstić information content (AvgIpc) is 2.72. The normalized spacial score (nSPS) is 14.5. The summed E-state index contributed by atoms with van der Waals surface area (Å²) in [6.07, 6.45) is 3.52. The van der Waals surface area contributed by atoms with Crippen LogP contribution in [0, 0.1) is 12.8 Å². The molecular weight excluding hydrogens is 431 g/mol. The molecule has 0 bridgehead atoms. The first-order valence-corrected chi connectivity index (χ1v) is 10.9. The van der Waals surface area contributed by atoms with E-state index in [1.165, 1.54) is 37.6 Å². The molecule has 4 rings (SSSR count). The van der Waals surface area contributed by atoms with Gasteiger partial charge in [0.25, 0.3) is 5.91 Å². The van der Waals surface area contributed by atoms with Gasteiger partial charge in [-0.05, 0) is 55.5 Å². The summed E-state index contributed by atoms with van der Waals surface area (Å²) in [5, 5.41) is 2.58. The van der Waals surface area contributed by atoms with Gasteiger partial charge < -0.3 is 10.3 Å². The molecule has 1 fully saturated rings. The number of nitrogens with zero attached hydrogens (tertiary/aromatic N) is 1. The third-order valence-corrected chi connectivity index (χ3v) is 6.09. The van der Waals surface area contributed by atoms with Crippen LogP contribution >= 0.6 is 0 Å². The number of anilines is 1. The topological polar surface area (TPSA) is 74.3 Å². The first-order chi connectivity index (χ1) is 15.7. The third-order valence-electron chi connectivity index (χ3n) is 6.09. The fraction of sp³-hybridized carbons (Fsp3) is 0.320. The minimum Gasteiger partial charge on any atom is -0.360 e. The first-order valence-electron chi connectivity index (χ1n) is 10.9. The second-order valence-corrected chi connectivity index (χ2v) is 8.40. The van der Waals surface area contributed by atoms with Gasteiger partial charge >= 0.3 is 6.18 Å². The number of carbonyl (C=O) groups excluding carboxylic acids is 1. The number of fused-ring (bicyclic) bond motifs is 1. The molecule has 2 N–H and O–H groups in total. The largest absolute Gasteiger partial charge is 0.418 e. The SMILES string of the molecule is Cc1cccc2[nH]cc(C(=O)Nc3ccc(N=CCCC4CCC4)cc3C(F)(F)F)c(=O)c12. The van der Waals surface area contributed by atoms with Crippen molar-refractivity contribution >= 4 is 34.4 Å². The standard InChI is InChI=1S/C25H24F3N3O2/c1-15-5-2-9-21-22(15)23(32)18(14-30-21)24(33)31-20-11-10-17(13-19(20)25(26,27)28)29-12-4-8-16-6-3-7-16/h2,5,9-14,16H,3-4,6-8H2,1H3,(H,30,32)(H,31,33). The molecule has 8 heteroatoms. The molecule has 1 heterocycles. The Kier molecular flexibility index (Phi) is 6.35. The van der Waals surface area contributed by atoms with Gasteiger partial charge in [-0.15, -0.1) is 0 Å². The minimum absolute atomic E-state index is 0.160. The van der Waals surface area contributed by atoms with Crippen molar-refractivity contribution in [3.05, 3.63) is 69.5 Å².